The summed E-state index contributed by atoms with van der Waals surface area (Å²) in [6.45, 7) is 0.655. The highest BCUT2D eigenvalue weighted by Gasteiger charge is 2.32. The minimum atomic E-state index is -0.187. The number of nitrogens with zero attached hydrogens (tertiary/aromatic N) is 4. The monoisotopic (exact) mass is 382 g/mol. The van der Waals surface area contributed by atoms with Crippen molar-refractivity contribution in [3.63, 3.8) is 0 Å². The Morgan fingerprint density at radius 2 is 2.11 bits per heavy atom. The lowest BCUT2D eigenvalue weighted by molar-refractivity contribution is 0.0562. The van der Waals surface area contributed by atoms with Gasteiger partial charge in [0.05, 0.1) is 6.20 Å². The molecule has 6 nitrogen and oxygen atoms in total. The summed E-state index contributed by atoms with van der Waals surface area (Å²) in [6, 6.07) is 10.9. The number of aromatic nitrogens is 3. The highest BCUT2D eigenvalue weighted by atomic mass is 35.5. The van der Waals surface area contributed by atoms with E-state index in [4.69, 9.17) is 16.0 Å². The average molecular weight is 383 g/mol. The van der Waals surface area contributed by atoms with Crippen LogP contribution in [0.1, 0.15) is 53.0 Å². The molecule has 1 aliphatic rings. The van der Waals surface area contributed by atoms with Crippen molar-refractivity contribution in [2.45, 2.75) is 31.7 Å². The molecule has 1 atom stereocenters. The molecule has 0 saturated carbocycles. The largest absolute Gasteiger partial charge is 0.443 e. The van der Waals surface area contributed by atoms with E-state index in [1.807, 2.05) is 24.3 Å². The molecule has 138 valence electrons. The maximum Gasteiger partial charge on any atom is 0.275 e. The predicted molar refractivity (Wildman–Crippen MR) is 100 cm³/mol. The molecule has 0 N–H and O–H groups in total. The van der Waals surface area contributed by atoms with Crippen LogP contribution in [0, 0.1) is 0 Å². The third-order valence-electron chi connectivity index (χ3n) is 4.73. The first-order valence-electron chi connectivity index (χ1n) is 8.99. The third-order valence-corrected chi connectivity index (χ3v) is 5.10. The van der Waals surface area contributed by atoms with Crippen LogP contribution in [0.4, 0.5) is 0 Å². The molecule has 1 amide bonds. The Bertz CT molecular complexity index is 928. The van der Waals surface area contributed by atoms with Crippen molar-refractivity contribution in [1.82, 2.24) is 20.1 Å². The van der Waals surface area contributed by atoms with E-state index < -0.39 is 0 Å². The van der Waals surface area contributed by atoms with Crippen LogP contribution in [0.25, 0.3) is 0 Å². The van der Waals surface area contributed by atoms with Crippen molar-refractivity contribution < 1.29 is 9.21 Å². The summed E-state index contributed by atoms with van der Waals surface area (Å²) in [5, 5.41) is 8.46. The topological polar surface area (TPSA) is 72.1 Å². The lowest BCUT2D eigenvalue weighted by Gasteiger charge is -2.33. The molecule has 1 aliphatic heterocycles. The Balaban J connectivity index is 1.55. The fraction of sp³-hybridized carbons (Fsp3) is 0.300. The average Bonchev–Trinajstić information content (AvgIpc) is 3.18. The maximum absolute atomic E-state index is 12.9. The van der Waals surface area contributed by atoms with Crippen molar-refractivity contribution in [3.8, 4) is 0 Å². The highest BCUT2D eigenvalue weighted by molar-refractivity contribution is 6.31. The van der Waals surface area contributed by atoms with Gasteiger partial charge in [-0.05, 0) is 43.0 Å². The van der Waals surface area contributed by atoms with Gasteiger partial charge in [0, 0.05) is 24.2 Å². The quantitative estimate of drug-likeness (QED) is 0.679. The highest BCUT2D eigenvalue weighted by Crippen LogP contribution is 2.32. The van der Waals surface area contributed by atoms with E-state index in [0.717, 1.165) is 30.6 Å². The first-order chi connectivity index (χ1) is 13.2. The number of carbonyl (C=O) groups excluding carboxylic acids is 1. The molecule has 2 aromatic heterocycles. The summed E-state index contributed by atoms with van der Waals surface area (Å²) in [6.07, 6.45) is 6.64. The summed E-state index contributed by atoms with van der Waals surface area (Å²) < 4.78 is 6.00. The molecule has 0 aliphatic carbocycles. The molecule has 0 bridgehead atoms. The van der Waals surface area contributed by atoms with Crippen LogP contribution in [-0.4, -0.2) is 32.5 Å². The van der Waals surface area contributed by atoms with Crippen LogP contribution in [0.3, 0.4) is 0 Å². The van der Waals surface area contributed by atoms with E-state index in [1.54, 1.807) is 29.4 Å². The summed E-state index contributed by atoms with van der Waals surface area (Å²) >= 11 is 6.23. The molecule has 1 fully saturated rings. The van der Waals surface area contributed by atoms with Crippen molar-refractivity contribution in [3.05, 3.63) is 76.7 Å². The zero-order chi connectivity index (χ0) is 18.6. The van der Waals surface area contributed by atoms with E-state index in [9.17, 15) is 4.79 Å². The van der Waals surface area contributed by atoms with E-state index >= 15 is 0 Å². The number of carbonyl (C=O) groups is 1. The van der Waals surface area contributed by atoms with E-state index in [-0.39, 0.29) is 11.9 Å². The van der Waals surface area contributed by atoms with Gasteiger partial charge in [-0.2, -0.15) is 5.10 Å². The number of amides is 1. The van der Waals surface area contributed by atoms with Crippen molar-refractivity contribution >= 4 is 17.5 Å². The Hall–Kier alpha value is -2.73. The van der Waals surface area contributed by atoms with Gasteiger partial charge in [-0.15, -0.1) is 5.10 Å². The van der Waals surface area contributed by atoms with Crippen molar-refractivity contribution in [2.75, 3.05) is 6.54 Å². The summed E-state index contributed by atoms with van der Waals surface area (Å²) in [5.74, 6) is 1.16. The van der Waals surface area contributed by atoms with Crippen LogP contribution in [-0.2, 0) is 6.42 Å². The second-order valence-corrected chi connectivity index (χ2v) is 6.96. The number of halogens is 1. The van der Waals surface area contributed by atoms with Gasteiger partial charge in [-0.25, -0.2) is 4.98 Å². The molecular weight excluding hydrogens is 364 g/mol. The molecule has 7 heteroatoms. The normalized spacial score (nSPS) is 17.1. The van der Waals surface area contributed by atoms with Crippen LogP contribution in [0.15, 0.2) is 53.2 Å². The number of piperidine rings is 1. The van der Waals surface area contributed by atoms with Crippen molar-refractivity contribution in [1.29, 1.82) is 0 Å². The minimum Gasteiger partial charge on any atom is -0.443 e. The lowest BCUT2D eigenvalue weighted by Crippen LogP contribution is -2.39. The zero-order valence-corrected chi connectivity index (χ0v) is 15.5. The Morgan fingerprint density at radius 3 is 2.93 bits per heavy atom. The fourth-order valence-corrected chi connectivity index (χ4v) is 3.58. The standard InChI is InChI=1S/C20H19ClN4O2/c21-16-7-2-1-6-14(16)12-15-13-22-19(27-15)18-9-3-4-11-25(18)20(26)17-8-5-10-23-24-17/h1-2,5-8,10,13,18H,3-4,9,11-12H2/t18-/m1/s1. The molecule has 4 rings (SSSR count). The molecule has 0 unspecified atom stereocenters. The SMILES string of the molecule is O=C(c1cccnn1)N1CCCC[C@@H]1c1ncc(Cc2ccccc2Cl)o1. The van der Waals surface area contributed by atoms with E-state index in [1.165, 1.54) is 0 Å². The van der Waals surface area contributed by atoms with Crippen LogP contribution >= 0.6 is 11.6 Å². The second-order valence-electron chi connectivity index (χ2n) is 6.55. The van der Waals surface area contributed by atoms with Gasteiger partial charge in [-0.3, -0.25) is 4.79 Å². The smallest absolute Gasteiger partial charge is 0.275 e. The molecule has 0 spiro atoms. The molecule has 1 saturated heterocycles. The van der Waals surface area contributed by atoms with Gasteiger partial charge in [0.2, 0.25) is 5.89 Å². The lowest BCUT2D eigenvalue weighted by atomic mass is 10.0. The predicted octanol–water partition coefficient (Wildman–Crippen LogP) is 4.08. The first kappa shape index (κ1) is 17.7. The molecule has 0 radical (unpaired) electrons. The maximum atomic E-state index is 12.9. The van der Waals surface area contributed by atoms with Gasteiger partial charge in [-0.1, -0.05) is 29.8 Å². The fourth-order valence-electron chi connectivity index (χ4n) is 3.38. The van der Waals surface area contributed by atoms with Gasteiger partial charge in [0.1, 0.15) is 11.8 Å². The van der Waals surface area contributed by atoms with E-state index in [2.05, 4.69) is 15.2 Å². The van der Waals surface area contributed by atoms with Gasteiger partial charge in [0.15, 0.2) is 5.69 Å². The summed E-state index contributed by atoms with van der Waals surface area (Å²) in [5.41, 5.74) is 1.32. The third kappa shape index (κ3) is 3.85. The van der Waals surface area contributed by atoms with E-state index in [0.29, 0.717) is 29.6 Å². The number of likely N-dealkylation sites (tertiary alicyclic amines) is 1. The number of hydrogen-bond acceptors (Lipinski definition) is 5. The number of benzene rings is 1. The zero-order valence-electron chi connectivity index (χ0n) is 14.7. The summed E-state index contributed by atoms with van der Waals surface area (Å²) in [4.78, 5) is 19.1. The molecule has 1 aromatic carbocycles. The van der Waals surface area contributed by atoms with Crippen LogP contribution in [0.5, 0.6) is 0 Å². The molecule has 27 heavy (non-hydrogen) atoms. The van der Waals surface area contributed by atoms with Gasteiger partial charge < -0.3 is 9.32 Å². The minimum absolute atomic E-state index is 0.140. The van der Waals surface area contributed by atoms with Crippen LogP contribution < -0.4 is 0 Å². The molecular formula is C20H19ClN4O2. The second kappa shape index (κ2) is 7.88. The number of rotatable bonds is 4. The van der Waals surface area contributed by atoms with Crippen molar-refractivity contribution in [2.24, 2.45) is 0 Å². The Kier molecular flexibility index (Phi) is 5.16. The number of oxazole rings is 1. The van der Waals surface area contributed by atoms with Gasteiger partial charge in [0.25, 0.3) is 5.91 Å². The Morgan fingerprint density at radius 1 is 1.22 bits per heavy atom. The molecule has 3 heterocycles. The first-order valence-corrected chi connectivity index (χ1v) is 9.37. The van der Waals surface area contributed by atoms with Gasteiger partial charge >= 0.3 is 0 Å². The van der Waals surface area contributed by atoms with Crippen LogP contribution in [0.2, 0.25) is 5.02 Å². The summed E-state index contributed by atoms with van der Waals surface area (Å²) in [7, 11) is 0. The number of hydrogen-bond donors (Lipinski definition) is 0. The Labute approximate surface area is 162 Å². The molecule has 3 aromatic rings.